The summed E-state index contributed by atoms with van der Waals surface area (Å²) < 4.78 is 0. The summed E-state index contributed by atoms with van der Waals surface area (Å²) in [5.41, 5.74) is 5.23. The standard InChI is InChI=1S/C6H6N6OS/c1-14-6-9-3-2(11-12-6)4(13)10-5(7)8-3/h1H3,(H3,7,8,9,10,12,13). The highest BCUT2D eigenvalue weighted by Crippen LogP contribution is 2.08. The molecule has 0 saturated carbocycles. The molecule has 2 heterocycles. The van der Waals surface area contributed by atoms with Crippen LogP contribution in [0.15, 0.2) is 9.95 Å². The number of thioether (sulfide) groups is 1. The molecule has 0 aromatic carbocycles. The van der Waals surface area contributed by atoms with Crippen molar-refractivity contribution in [2.24, 2.45) is 0 Å². The van der Waals surface area contributed by atoms with E-state index in [9.17, 15) is 4.79 Å². The first kappa shape index (κ1) is 8.88. The van der Waals surface area contributed by atoms with E-state index in [-0.39, 0.29) is 17.1 Å². The third kappa shape index (κ3) is 1.39. The molecule has 2 aromatic heterocycles. The van der Waals surface area contributed by atoms with Gasteiger partial charge in [-0.1, -0.05) is 11.8 Å². The number of nitrogen functional groups attached to an aromatic ring is 1. The molecule has 0 atom stereocenters. The fourth-order valence-electron chi connectivity index (χ4n) is 0.932. The van der Waals surface area contributed by atoms with Crippen LogP contribution < -0.4 is 11.3 Å². The summed E-state index contributed by atoms with van der Waals surface area (Å²) in [6.07, 6.45) is 1.80. The van der Waals surface area contributed by atoms with Gasteiger partial charge in [0.25, 0.3) is 5.56 Å². The van der Waals surface area contributed by atoms with Crippen molar-refractivity contribution in [1.29, 1.82) is 0 Å². The van der Waals surface area contributed by atoms with E-state index in [1.54, 1.807) is 6.26 Å². The number of anilines is 1. The van der Waals surface area contributed by atoms with Gasteiger partial charge >= 0.3 is 0 Å². The van der Waals surface area contributed by atoms with E-state index in [1.807, 2.05) is 0 Å². The van der Waals surface area contributed by atoms with Gasteiger partial charge in [-0.2, -0.15) is 9.97 Å². The molecule has 0 unspecified atom stereocenters. The van der Waals surface area contributed by atoms with E-state index in [0.29, 0.717) is 5.16 Å². The minimum Gasteiger partial charge on any atom is -0.369 e. The average Bonchev–Trinajstić information content (AvgIpc) is 2.16. The number of nitrogens with one attached hydrogen (secondary N) is 1. The van der Waals surface area contributed by atoms with Crippen LogP contribution in [0.25, 0.3) is 11.2 Å². The Hall–Kier alpha value is -1.70. The van der Waals surface area contributed by atoms with Crippen molar-refractivity contribution in [2.45, 2.75) is 5.16 Å². The van der Waals surface area contributed by atoms with Gasteiger partial charge in [0.05, 0.1) is 0 Å². The Balaban J connectivity index is 2.82. The minimum atomic E-state index is -0.430. The molecular weight excluding hydrogens is 204 g/mol. The zero-order valence-corrected chi connectivity index (χ0v) is 8.00. The quantitative estimate of drug-likeness (QED) is 0.605. The summed E-state index contributed by atoms with van der Waals surface area (Å²) >= 11 is 1.32. The van der Waals surface area contributed by atoms with Gasteiger partial charge in [0.15, 0.2) is 11.2 Å². The van der Waals surface area contributed by atoms with Gasteiger partial charge in [0.2, 0.25) is 11.1 Å². The second kappa shape index (κ2) is 3.22. The lowest BCUT2D eigenvalue weighted by molar-refractivity contribution is 0.866. The van der Waals surface area contributed by atoms with Crippen LogP contribution in [0.4, 0.5) is 5.95 Å². The van der Waals surface area contributed by atoms with Crippen molar-refractivity contribution in [2.75, 3.05) is 12.0 Å². The van der Waals surface area contributed by atoms with Crippen LogP contribution in [-0.4, -0.2) is 31.4 Å². The second-order valence-electron chi connectivity index (χ2n) is 2.42. The van der Waals surface area contributed by atoms with Crippen molar-refractivity contribution in [3.8, 4) is 0 Å². The summed E-state index contributed by atoms with van der Waals surface area (Å²) in [5.74, 6) is 0.0232. The van der Waals surface area contributed by atoms with Crippen LogP contribution in [0, 0.1) is 0 Å². The highest BCUT2D eigenvalue weighted by molar-refractivity contribution is 7.98. The normalized spacial score (nSPS) is 10.6. The zero-order chi connectivity index (χ0) is 10.1. The summed E-state index contributed by atoms with van der Waals surface area (Å²) in [4.78, 5) is 21.4. The molecule has 0 aliphatic rings. The number of fused-ring (bicyclic) bond motifs is 1. The molecule has 0 aliphatic heterocycles. The molecule has 3 N–H and O–H groups in total. The van der Waals surface area contributed by atoms with E-state index in [2.05, 4.69) is 25.1 Å². The molecule has 0 amide bonds. The Labute approximate surface area is 82.2 Å². The topological polar surface area (TPSA) is 110 Å². The maximum absolute atomic E-state index is 11.3. The van der Waals surface area contributed by atoms with E-state index in [0.717, 1.165) is 0 Å². The Kier molecular flexibility index (Phi) is 2.04. The first-order chi connectivity index (χ1) is 6.70. The van der Waals surface area contributed by atoms with Gasteiger partial charge in [-0.3, -0.25) is 9.78 Å². The number of aromatic nitrogens is 5. The number of hydrogen-bond donors (Lipinski definition) is 2. The van der Waals surface area contributed by atoms with Crippen LogP contribution >= 0.6 is 11.8 Å². The van der Waals surface area contributed by atoms with Crippen LogP contribution in [0.1, 0.15) is 0 Å². The molecule has 7 nitrogen and oxygen atoms in total. The van der Waals surface area contributed by atoms with Crippen molar-refractivity contribution in [3.05, 3.63) is 10.4 Å². The van der Waals surface area contributed by atoms with Crippen molar-refractivity contribution in [3.63, 3.8) is 0 Å². The molecule has 0 spiro atoms. The van der Waals surface area contributed by atoms with Gasteiger partial charge in [-0.15, -0.1) is 10.2 Å². The highest BCUT2D eigenvalue weighted by atomic mass is 32.2. The first-order valence-electron chi connectivity index (χ1n) is 3.65. The largest absolute Gasteiger partial charge is 0.369 e. The fraction of sp³-hybridized carbons (Fsp3) is 0.167. The maximum atomic E-state index is 11.3. The van der Waals surface area contributed by atoms with Crippen LogP contribution in [0.2, 0.25) is 0 Å². The molecule has 0 bridgehead atoms. The smallest absolute Gasteiger partial charge is 0.282 e. The number of nitrogens with zero attached hydrogens (tertiary/aromatic N) is 4. The van der Waals surface area contributed by atoms with E-state index < -0.39 is 5.56 Å². The number of aromatic amines is 1. The maximum Gasteiger partial charge on any atom is 0.282 e. The van der Waals surface area contributed by atoms with E-state index in [4.69, 9.17) is 5.73 Å². The predicted molar refractivity (Wildman–Crippen MR) is 51.9 cm³/mol. The van der Waals surface area contributed by atoms with Crippen LogP contribution in [-0.2, 0) is 0 Å². The van der Waals surface area contributed by atoms with E-state index in [1.165, 1.54) is 11.8 Å². The minimum absolute atomic E-state index is 0.0232. The summed E-state index contributed by atoms with van der Waals surface area (Å²) in [6.45, 7) is 0. The van der Waals surface area contributed by atoms with Gasteiger partial charge < -0.3 is 5.73 Å². The average molecular weight is 210 g/mol. The molecule has 14 heavy (non-hydrogen) atoms. The lowest BCUT2D eigenvalue weighted by atomic mass is 10.5. The van der Waals surface area contributed by atoms with Crippen molar-refractivity contribution >= 4 is 28.9 Å². The van der Waals surface area contributed by atoms with E-state index >= 15 is 0 Å². The van der Waals surface area contributed by atoms with Crippen molar-refractivity contribution < 1.29 is 0 Å². The fourth-order valence-corrected chi connectivity index (χ4v) is 1.23. The van der Waals surface area contributed by atoms with Crippen molar-refractivity contribution in [1.82, 2.24) is 25.1 Å². The molecule has 8 heteroatoms. The highest BCUT2D eigenvalue weighted by Gasteiger charge is 2.06. The lowest BCUT2D eigenvalue weighted by Gasteiger charge is -1.97. The molecule has 2 aromatic rings. The molecule has 72 valence electrons. The summed E-state index contributed by atoms with van der Waals surface area (Å²) in [6, 6.07) is 0. The van der Waals surface area contributed by atoms with Gasteiger partial charge in [0, 0.05) is 0 Å². The molecular formula is C6H6N6OS. The monoisotopic (exact) mass is 210 g/mol. The number of nitrogens with two attached hydrogens (primary N) is 1. The molecule has 0 fully saturated rings. The second-order valence-corrected chi connectivity index (χ2v) is 3.20. The first-order valence-corrected chi connectivity index (χ1v) is 4.87. The predicted octanol–water partition coefficient (Wildman–Crippen LogP) is -0.588. The molecule has 2 rings (SSSR count). The van der Waals surface area contributed by atoms with Gasteiger partial charge in [-0.25, -0.2) is 0 Å². The number of H-pyrrole nitrogens is 1. The Morgan fingerprint density at radius 3 is 2.86 bits per heavy atom. The third-order valence-electron chi connectivity index (χ3n) is 1.51. The zero-order valence-electron chi connectivity index (χ0n) is 7.18. The summed E-state index contributed by atoms with van der Waals surface area (Å²) in [7, 11) is 0. The third-order valence-corrected chi connectivity index (χ3v) is 2.05. The summed E-state index contributed by atoms with van der Waals surface area (Å²) in [5, 5.41) is 7.87. The van der Waals surface area contributed by atoms with Gasteiger partial charge in [-0.05, 0) is 6.26 Å². The molecule has 0 radical (unpaired) electrons. The number of hydrogen-bond acceptors (Lipinski definition) is 7. The Bertz CT molecular complexity index is 537. The van der Waals surface area contributed by atoms with Gasteiger partial charge in [0.1, 0.15) is 0 Å². The molecule has 0 saturated heterocycles. The number of rotatable bonds is 1. The van der Waals surface area contributed by atoms with Crippen LogP contribution in [0.5, 0.6) is 0 Å². The SMILES string of the molecule is CSc1nnc2c(=O)[nH]c(N)nc2n1. The molecule has 0 aliphatic carbocycles. The lowest BCUT2D eigenvalue weighted by Crippen LogP contribution is -2.14. The Morgan fingerprint density at radius 2 is 2.14 bits per heavy atom. The van der Waals surface area contributed by atoms with Crippen LogP contribution in [0.3, 0.4) is 0 Å². The Morgan fingerprint density at radius 1 is 1.36 bits per heavy atom.